The van der Waals surface area contributed by atoms with E-state index in [9.17, 15) is 4.79 Å². The zero-order valence-corrected chi connectivity index (χ0v) is 14.1. The number of aromatic nitrogens is 1. The number of halogens is 1. The predicted molar refractivity (Wildman–Crippen MR) is 88.7 cm³/mol. The van der Waals surface area contributed by atoms with Crippen LogP contribution in [-0.4, -0.2) is 41.5 Å². The Balaban J connectivity index is 1.83. The molecule has 2 atom stereocenters. The molecule has 7 nitrogen and oxygen atoms in total. The number of hydrogen-bond acceptors (Lipinski definition) is 6. The molecule has 0 spiro atoms. The number of furan rings is 1. The summed E-state index contributed by atoms with van der Waals surface area (Å²) >= 11 is 3.51. The van der Waals surface area contributed by atoms with Gasteiger partial charge < -0.3 is 15.5 Å². The predicted octanol–water partition coefficient (Wildman–Crippen LogP) is 1.82. The van der Waals surface area contributed by atoms with Gasteiger partial charge in [-0.25, -0.2) is 4.98 Å². The number of carbonyl (C=O) groups is 1. The fourth-order valence-corrected chi connectivity index (χ4v) is 3.40. The number of nitriles is 1. The van der Waals surface area contributed by atoms with Crippen LogP contribution in [0.5, 0.6) is 0 Å². The van der Waals surface area contributed by atoms with Gasteiger partial charge in [0.1, 0.15) is 11.9 Å². The van der Waals surface area contributed by atoms with Crippen LogP contribution in [-0.2, 0) is 4.79 Å². The number of pyridine rings is 1. The molecule has 0 radical (unpaired) electrons. The third-order valence-electron chi connectivity index (χ3n) is 4.17. The lowest BCUT2D eigenvalue weighted by Gasteiger charge is -2.35. The average molecular weight is 378 g/mol. The van der Waals surface area contributed by atoms with Crippen LogP contribution in [0.25, 0.3) is 11.0 Å². The number of nitrogens with zero attached hydrogens (tertiary/aromatic N) is 3. The van der Waals surface area contributed by atoms with Crippen LogP contribution in [0.2, 0.25) is 0 Å². The molecule has 120 valence electrons. The van der Waals surface area contributed by atoms with Gasteiger partial charge in [0.15, 0.2) is 5.58 Å². The number of amides is 1. The second kappa shape index (κ2) is 6.18. The zero-order valence-electron chi connectivity index (χ0n) is 12.5. The minimum Gasteiger partial charge on any atom is -0.444 e. The highest BCUT2D eigenvalue weighted by atomic mass is 79.9. The van der Waals surface area contributed by atoms with Crippen LogP contribution in [0, 0.1) is 11.3 Å². The fraction of sp³-hybridized carbons (Fsp3) is 0.400. The van der Waals surface area contributed by atoms with Crippen molar-refractivity contribution in [2.75, 3.05) is 18.9 Å². The molecule has 1 aliphatic rings. The molecule has 1 aliphatic heterocycles. The molecule has 3 rings (SSSR count). The highest BCUT2D eigenvalue weighted by Gasteiger charge is 2.30. The normalized spacial score (nSPS) is 22.0. The Morgan fingerprint density at radius 2 is 2.43 bits per heavy atom. The Hall–Kier alpha value is -2.11. The fourth-order valence-electron chi connectivity index (χ4n) is 2.88. The molecule has 8 heteroatoms. The van der Waals surface area contributed by atoms with Gasteiger partial charge in [-0.2, -0.15) is 5.26 Å². The van der Waals surface area contributed by atoms with Gasteiger partial charge in [0.25, 0.3) is 0 Å². The molecule has 0 bridgehead atoms. The second-order valence-corrected chi connectivity index (χ2v) is 6.48. The third-order valence-corrected chi connectivity index (χ3v) is 4.97. The summed E-state index contributed by atoms with van der Waals surface area (Å²) in [4.78, 5) is 17.8. The summed E-state index contributed by atoms with van der Waals surface area (Å²) in [5.41, 5.74) is 6.01. The minimum absolute atomic E-state index is 0.104. The highest BCUT2D eigenvalue weighted by molar-refractivity contribution is 9.10. The molecule has 0 aromatic carbocycles. The number of hydrogen-bond donors (Lipinski definition) is 2. The third kappa shape index (κ3) is 3.02. The van der Waals surface area contributed by atoms with E-state index in [1.807, 2.05) is 18.0 Å². The smallest absolute Gasteiger partial charge is 0.234 e. The molecule has 2 aromatic heterocycles. The summed E-state index contributed by atoms with van der Waals surface area (Å²) in [6, 6.07) is 3.48. The molecule has 1 amide bonds. The molecular weight excluding hydrogens is 362 g/mol. The maximum atomic E-state index is 11.5. The van der Waals surface area contributed by atoms with E-state index >= 15 is 0 Å². The molecule has 2 unspecified atom stereocenters. The van der Waals surface area contributed by atoms with Gasteiger partial charge in [0.05, 0.1) is 16.7 Å². The van der Waals surface area contributed by atoms with Crippen LogP contribution in [0.1, 0.15) is 18.6 Å². The van der Waals surface area contributed by atoms with Gasteiger partial charge in [-0.15, -0.1) is 0 Å². The van der Waals surface area contributed by atoms with E-state index in [0.717, 1.165) is 22.8 Å². The first-order valence-electron chi connectivity index (χ1n) is 7.24. The lowest BCUT2D eigenvalue weighted by atomic mass is 9.97. The number of piperidine rings is 1. The molecule has 23 heavy (non-hydrogen) atoms. The molecule has 3 N–H and O–H groups in total. The number of likely N-dealkylation sites (N-methyl/N-ethyl adjacent to an activating group) is 1. The average Bonchev–Trinajstić information content (AvgIpc) is 2.96. The second-order valence-electron chi connectivity index (χ2n) is 5.69. The highest BCUT2D eigenvalue weighted by Crippen LogP contribution is 2.32. The number of nitrogens with one attached hydrogen (secondary N) is 1. The van der Waals surface area contributed by atoms with Crippen molar-refractivity contribution in [1.82, 2.24) is 9.88 Å². The van der Waals surface area contributed by atoms with Gasteiger partial charge in [-0.3, -0.25) is 9.69 Å². The first kappa shape index (κ1) is 15.8. The summed E-state index contributed by atoms with van der Waals surface area (Å²) in [7, 11) is 1.90. The Labute approximate surface area is 141 Å². The van der Waals surface area contributed by atoms with E-state index < -0.39 is 0 Å². The van der Waals surface area contributed by atoms with Gasteiger partial charge in [0.2, 0.25) is 11.7 Å². The first-order chi connectivity index (χ1) is 11.0. The Morgan fingerprint density at radius 3 is 3.13 bits per heavy atom. The zero-order chi connectivity index (χ0) is 16.6. The van der Waals surface area contributed by atoms with Crippen LogP contribution in [0.3, 0.4) is 0 Å². The Morgan fingerprint density at radius 1 is 1.65 bits per heavy atom. The standard InChI is InChI=1S/C15H16BrN5O2/c1-21-3-2-8(4-11(21)14(18)22)20-15-13(16)10-5-9(6-17)23-12(10)7-19-15/h5,7-8,11H,2-4H2,1H3,(H2,18,22)(H,19,20). The maximum Gasteiger partial charge on any atom is 0.234 e. The van der Waals surface area contributed by atoms with E-state index in [-0.39, 0.29) is 23.8 Å². The van der Waals surface area contributed by atoms with Gasteiger partial charge >= 0.3 is 0 Å². The van der Waals surface area contributed by atoms with Crippen molar-refractivity contribution in [3.05, 3.63) is 22.5 Å². The van der Waals surface area contributed by atoms with Crippen molar-refractivity contribution in [3.8, 4) is 6.07 Å². The van der Waals surface area contributed by atoms with E-state index in [0.29, 0.717) is 17.8 Å². The van der Waals surface area contributed by atoms with Crippen molar-refractivity contribution in [3.63, 3.8) is 0 Å². The number of anilines is 1. The summed E-state index contributed by atoms with van der Waals surface area (Å²) in [6.45, 7) is 0.787. The van der Waals surface area contributed by atoms with E-state index in [4.69, 9.17) is 15.4 Å². The van der Waals surface area contributed by atoms with E-state index in [2.05, 4.69) is 26.2 Å². The van der Waals surface area contributed by atoms with Crippen molar-refractivity contribution in [2.45, 2.75) is 24.9 Å². The van der Waals surface area contributed by atoms with Gasteiger partial charge in [0, 0.05) is 24.0 Å². The summed E-state index contributed by atoms with van der Waals surface area (Å²) in [5, 5.41) is 13.1. The molecule has 1 saturated heterocycles. The number of likely N-dealkylation sites (tertiary alicyclic amines) is 1. The lowest BCUT2D eigenvalue weighted by Crippen LogP contribution is -2.50. The van der Waals surface area contributed by atoms with E-state index in [1.54, 1.807) is 12.3 Å². The van der Waals surface area contributed by atoms with Crippen molar-refractivity contribution < 1.29 is 9.21 Å². The molecule has 3 heterocycles. The van der Waals surface area contributed by atoms with Crippen molar-refractivity contribution in [2.24, 2.45) is 5.73 Å². The van der Waals surface area contributed by atoms with Crippen LogP contribution in [0.15, 0.2) is 21.2 Å². The van der Waals surface area contributed by atoms with Crippen LogP contribution >= 0.6 is 15.9 Å². The summed E-state index contributed by atoms with van der Waals surface area (Å²) < 4.78 is 6.10. The van der Waals surface area contributed by atoms with Crippen LogP contribution in [0.4, 0.5) is 5.82 Å². The maximum absolute atomic E-state index is 11.5. The molecule has 0 saturated carbocycles. The SMILES string of the molecule is CN1CCC(Nc2ncc3oc(C#N)cc3c2Br)CC1C(N)=O. The first-order valence-corrected chi connectivity index (χ1v) is 8.03. The monoisotopic (exact) mass is 377 g/mol. The Kier molecular flexibility index (Phi) is 4.24. The Bertz CT molecular complexity index is 797. The molecule has 0 aliphatic carbocycles. The topological polar surface area (TPSA) is 108 Å². The lowest BCUT2D eigenvalue weighted by molar-refractivity contribution is -0.123. The van der Waals surface area contributed by atoms with E-state index in [1.165, 1.54) is 0 Å². The quantitative estimate of drug-likeness (QED) is 0.844. The minimum atomic E-state index is -0.310. The van der Waals surface area contributed by atoms with Gasteiger partial charge in [-0.1, -0.05) is 0 Å². The number of primary amides is 1. The summed E-state index contributed by atoms with van der Waals surface area (Å²) in [5.74, 6) is 0.600. The number of fused-ring (bicyclic) bond motifs is 1. The number of rotatable bonds is 3. The number of carbonyl (C=O) groups excluding carboxylic acids is 1. The number of nitrogens with two attached hydrogens (primary N) is 1. The van der Waals surface area contributed by atoms with Gasteiger partial charge in [-0.05, 0) is 35.8 Å². The van der Waals surface area contributed by atoms with Crippen molar-refractivity contribution >= 4 is 38.6 Å². The largest absolute Gasteiger partial charge is 0.444 e. The molecule has 2 aromatic rings. The summed E-state index contributed by atoms with van der Waals surface area (Å²) in [6.07, 6.45) is 3.11. The molecule has 1 fully saturated rings. The van der Waals surface area contributed by atoms with Crippen LogP contribution < -0.4 is 11.1 Å². The van der Waals surface area contributed by atoms with Crippen molar-refractivity contribution in [1.29, 1.82) is 5.26 Å². The molecular formula is C15H16BrN5O2.